The van der Waals surface area contributed by atoms with Gasteiger partial charge in [-0.1, -0.05) is 12.5 Å². The van der Waals surface area contributed by atoms with Gasteiger partial charge < -0.3 is 4.57 Å². The summed E-state index contributed by atoms with van der Waals surface area (Å²) in [4.78, 5) is 11.6. The fraction of sp³-hybridized carbons (Fsp3) is 0.556. The summed E-state index contributed by atoms with van der Waals surface area (Å²) in [5, 5.41) is 0. The molecule has 0 amide bonds. The molecule has 4 nitrogen and oxygen atoms in total. The second-order valence-corrected chi connectivity index (χ2v) is 6.11. The van der Waals surface area contributed by atoms with E-state index in [2.05, 4.69) is 44.7 Å². The van der Waals surface area contributed by atoms with Gasteiger partial charge in [0.2, 0.25) is 0 Å². The zero-order chi connectivity index (χ0) is 15.2. The summed E-state index contributed by atoms with van der Waals surface area (Å²) in [5.74, 6) is 1.20. The molecule has 2 aromatic heterocycles. The zero-order valence-electron chi connectivity index (χ0n) is 13.5. The second-order valence-electron chi connectivity index (χ2n) is 6.11. The lowest BCUT2D eigenvalue weighted by Gasteiger charge is -2.35. The maximum absolute atomic E-state index is 4.54. The lowest BCUT2D eigenvalue weighted by Crippen LogP contribution is -2.39. The summed E-state index contributed by atoms with van der Waals surface area (Å²) >= 11 is 0. The molecule has 1 saturated heterocycles. The summed E-state index contributed by atoms with van der Waals surface area (Å²) in [5.41, 5.74) is 1.21. The summed E-state index contributed by atoms with van der Waals surface area (Å²) < 4.78 is 2.25. The average Bonchev–Trinajstić information content (AvgIpc) is 3.02. The fourth-order valence-corrected chi connectivity index (χ4v) is 3.42. The molecule has 0 bridgehead atoms. The Labute approximate surface area is 133 Å². The molecule has 0 aromatic carbocycles. The van der Waals surface area contributed by atoms with Crippen molar-refractivity contribution in [3.05, 3.63) is 48.3 Å². The van der Waals surface area contributed by atoms with Crippen LogP contribution in [0.5, 0.6) is 0 Å². The van der Waals surface area contributed by atoms with Gasteiger partial charge in [-0.25, -0.2) is 4.98 Å². The average molecular weight is 298 g/mol. The summed E-state index contributed by atoms with van der Waals surface area (Å²) in [6, 6.07) is 6.87. The largest absolute Gasteiger partial charge is 0.334 e. The molecule has 22 heavy (non-hydrogen) atoms. The number of hydrogen-bond acceptors (Lipinski definition) is 3. The number of aromatic nitrogens is 3. The van der Waals surface area contributed by atoms with Crippen LogP contribution in [-0.4, -0.2) is 32.0 Å². The van der Waals surface area contributed by atoms with Gasteiger partial charge in [0.15, 0.2) is 0 Å². The van der Waals surface area contributed by atoms with Crippen molar-refractivity contribution < 1.29 is 0 Å². The molecule has 0 saturated carbocycles. The van der Waals surface area contributed by atoms with Crippen LogP contribution in [0.3, 0.4) is 0 Å². The number of pyridine rings is 1. The second kappa shape index (κ2) is 7.54. The van der Waals surface area contributed by atoms with E-state index >= 15 is 0 Å². The third-order valence-corrected chi connectivity index (χ3v) is 4.70. The minimum absolute atomic E-state index is 0.665. The van der Waals surface area contributed by atoms with Crippen LogP contribution in [0.1, 0.15) is 44.1 Å². The van der Waals surface area contributed by atoms with Crippen molar-refractivity contribution in [2.75, 3.05) is 6.54 Å². The summed E-state index contributed by atoms with van der Waals surface area (Å²) in [6.45, 7) is 5.36. The molecule has 3 heterocycles. The molecule has 2 aromatic rings. The quantitative estimate of drug-likeness (QED) is 0.820. The first-order valence-electron chi connectivity index (χ1n) is 8.51. The molecule has 1 unspecified atom stereocenters. The predicted octanol–water partition coefficient (Wildman–Crippen LogP) is 3.29. The van der Waals surface area contributed by atoms with E-state index in [1.165, 1.54) is 43.7 Å². The number of hydrogen-bond donors (Lipinski definition) is 0. The highest BCUT2D eigenvalue weighted by Crippen LogP contribution is 2.22. The van der Waals surface area contributed by atoms with Gasteiger partial charge in [-0.05, 0) is 51.3 Å². The van der Waals surface area contributed by atoms with Crippen molar-refractivity contribution in [3.63, 3.8) is 0 Å². The Morgan fingerprint density at radius 1 is 1.18 bits per heavy atom. The molecule has 118 valence electrons. The Hall–Kier alpha value is -1.68. The number of nitrogens with zero attached hydrogens (tertiary/aromatic N) is 4. The Morgan fingerprint density at radius 3 is 2.95 bits per heavy atom. The lowest BCUT2D eigenvalue weighted by molar-refractivity contribution is 0.127. The highest BCUT2D eigenvalue weighted by molar-refractivity contribution is 5.04. The maximum Gasteiger partial charge on any atom is 0.122 e. The van der Waals surface area contributed by atoms with Crippen LogP contribution in [0.4, 0.5) is 0 Å². The molecule has 3 rings (SSSR count). The topological polar surface area (TPSA) is 34.0 Å². The Bertz CT molecular complexity index is 563. The van der Waals surface area contributed by atoms with E-state index in [4.69, 9.17) is 0 Å². The zero-order valence-corrected chi connectivity index (χ0v) is 13.5. The minimum Gasteiger partial charge on any atom is -0.334 e. The highest BCUT2D eigenvalue weighted by atomic mass is 15.2. The Kier molecular flexibility index (Phi) is 5.22. The van der Waals surface area contributed by atoms with Gasteiger partial charge >= 0.3 is 0 Å². The Morgan fingerprint density at radius 2 is 2.14 bits per heavy atom. The predicted molar refractivity (Wildman–Crippen MR) is 88.5 cm³/mol. The van der Waals surface area contributed by atoms with Crippen LogP contribution in [0.2, 0.25) is 0 Å². The van der Waals surface area contributed by atoms with E-state index < -0.39 is 0 Å². The van der Waals surface area contributed by atoms with Gasteiger partial charge in [0, 0.05) is 36.9 Å². The van der Waals surface area contributed by atoms with Crippen molar-refractivity contribution in [2.45, 2.75) is 58.2 Å². The molecule has 1 aliphatic heterocycles. The summed E-state index contributed by atoms with van der Waals surface area (Å²) in [7, 11) is 0. The molecular formula is C18H26N4. The summed E-state index contributed by atoms with van der Waals surface area (Å²) in [6.07, 6.45) is 12.1. The Balaban J connectivity index is 1.61. The van der Waals surface area contributed by atoms with E-state index in [0.29, 0.717) is 6.04 Å². The molecule has 0 N–H and O–H groups in total. The SMILES string of the molecule is CCn1ccnc1CN1CCCCC1CCc1ccccn1. The van der Waals surface area contributed by atoms with Crippen molar-refractivity contribution >= 4 is 0 Å². The van der Waals surface area contributed by atoms with Crippen LogP contribution in [0, 0.1) is 0 Å². The first kappa shape index (κ1) is 15.2. The standard InChI is InChI=1S/C18H26N4/c1-2-21-14-12-20-18(21)15-22-13-6-4-8-17(22)10-9-16-7-3-5-11-19-16/h3,5,7,11-12,14,17H,2,4,6,8-10,13,15H2,1H3. The fourth-order valence-electron chi connectivity index (χ4n) is 3.42. The van der Waals surface area contributed by atoms with Crippen molar-refractivity contribution in [1.29, 1.82) is 0 Å². The van der Waals surface area contributed by atoms with E-state index in [-0.39, 0.29) is 0 Å². The highest BCUT2D eigenvalue weighted by Gasteiger charge is 2.23. The maximum atomic E-state index is 4.54. The van der Waals surface area contributed by atoms with Gasteiger partial charge in [0.25, 0.3) is 0 Å². The molecule has 0 aliphatic carbocycles. The van der Waals surface area contributed by atoms with Crippen molar-refractivity contribution in [1.82, 2.24) is 19.4 Å². The minimum atomic E-state index is 0.665. The molecule has 0 spiro atoms. The third-order valence-electron chi connectivity index (χ3n) is 4.70. The number of rotatable bonds is 6. The van der Waals surface area contributed by atoms with Crippen LogP contribution < -0.4 is 0 Å². The first-order valence-corrected chi connectivity index (χ1v) is 8.51. The number of likely N-dealkylation sites (tertiary alicyclic amines) is 1. The van der Waals surface area contributed by atoms with Crippen LogP contribution in [-0.2, 0) is 19.5 Å². The van der Waals surface area contributed by atoms with Crippen LogP contribution in [0.15, 0.2) is 36.8 Å². The van der Waals surface area contributed by atoms with Gasteiger partial charge in [0.05, 0.1) is 6.54 Å². The van der Waals surface area contributed by atoms with Gasteiger partial charge in [-0.3, -0.25) is 9.88 Å². The third kappa shape index (κ3) is 3.74. The van der Waals surface area contributed by atoms with Crippen molar-refractivity contribution in [3.8, 4) is 0 Å². The number of piperidine rings is 1. The molecule has 4 heteroatoms. The van der Waals surface area contributed by atoms with Gasteiger partial charge in [-0.2, -0.15) is 0 Å². The van der Waals surface area contributed by atoms with Crippen LogP contribution in [0.25, 0.3) is 0 Å². The van der Waals surface area contributed by atoms with Gasteiger partial charge in [0.1, 0.15) is 5.82 Å². The van der Waals surface area contributed by atoms with E-state index in [9.17, 15) is 0 Å². The van der Waals surface area contributed by atoms with Gasteiger partial charge in [-0.15, -0.1) is 0 Å². The monoisotopic (exact) mass is 298 g/mol. The van der Waals surface area contributed by atoms with E-state index in [0.717, 1.165) is 19.5 Å². The smallest absolute Gasteiger partial charge is 0.122 e. The van der Waals surface area contributed by atoms with Crippen LogP contribution >= 0.6 is 0 Å². The molecule has 1 fully saturated rings. The normalized spacial score (nSPS) is 19.4. The first-order chi connectivity index (χ1) is 10.9. The van der Waals surface area contributed by atoms with E-state index in [1.54, 1.807) is 0 Å². The molecular weight excluding hydrogens is 272 g/mol. The number of aryl methyl sites for hydroxylation is 2. The van der Waals surface area contributed by atoms with Crippen molar-refractivity contribution in [2.24, 2.45) is 0 Å². The number of imidazole rings is 1. The molecule has 0 radical (unpaired) electrons. The lowest BCUT2D eigenvalue weighted by atomic mass is 9.97. The molecule has 1 atom stereocenters. The van der Waals surface area contributed by atoms with E-state index in [1.807, 2.05) is 18.5 Å². The molecule has 1 aliphatic rings.